The van der Waals surface area contributed by atoms with Gasteiger partial charge in [-0.05, 0) is 28.7 Å². The first-order valence-electron chi connectivity index (χ1n) is 10.5. The van der Waals surface area contributed by atoms with Crippen molar-refractivity contribution < 1.29 is 24.2 Å². The van der Waals surface area contributed by atoms with Crippen LogP contribution in [0.25, 0.3) is 11.1 Å². The van der Waals surface area contributed by atoms with Crippen LogP contribution < -0.4 is 10.6 Å². The Labute approximate surface area is 187 Å². The van der Waals surface area contributed by atoms with E-state index in [0.717, 1.165) is 22.3 Å². The van der Waals surface area contributed by atoms with Crippen molar-refractivity contribution in [1.29, 1.82) is 0 Å². The number of ether oxygens (including phenoxy) is 1. The molecule has 7 heteroatoms. The molecular formula is C25H26N2O5. The number of benzene rings is 2. The summed E-state index contributed by atoms with van der Waals surface area (Å²) in [6.07, 6.45) is 4.81. The molecule has 0 aromatic heterocycles. The monoisotopic (exact) mass is 434 g/mol. The topological polar surface area (TPSA) is 105 Å². The van der Waals surface area contributed by atoms with Gasteiger partial charge in [-0.3, -0.25) is 4.79 Å². The molecule has 0 radical (unpaired) electrons. The first-order valence-corrected chi connectivity index (χ1v) is 10.5. The molecule has 2 aromatic carbocycles. The Bertz CT molecular complexity index is 997. The van der Waals surface area contributed by atoms with Gasteiger partial charge < -0.3 is 20.5 Å². The van der Waals surface area contributed by atoms with Crippen LogP contribution in [0.2, 0.25) is 0 Å². The standard InChI is InChI=1S/C25H26N2O5/c1-3-9-22(24(29)30)27-23(28)14-16(4-2)26-25(31)32-15-21-19-12-7-5-10-17(19)18-11-6-8-13-20(18)21/h1,5-8,10-13,16,21-22H,4,9,14-15H2,2H3,(H,26,31)(H,27,28)(H,29,30)/t16-,22?/m0/s1. The minimum Gasteiger partial charge on any atom is -0.480 e. The average Bonchev–Trinajstić information content (AvgIpc) is 3.10. The van der Waals surface area contributed by atoms with E-state index in [0.29, 0.717) is 6.42 Å². The number of rotatable bonds is 9. The highest BCUT2D eigenvalue weighted by Crippen LogP contribution is 2.44. The molecule has 32 heavy (non-hydrogen) atoms. The molecule has 0 saturated heterocycles. The molecule has 3 rings (SSSR count). The van der Waals surface area contributed by atoms with Gasteiger partial charge in [0.15, 0.2) is 0 Å². The number of nitrogens with one attached hydrogen (secondary N) is 2. The van der Waals surface area contributed by atoms with E-state index in [1.807, 2.05) is 43.3 Å². The molecule has 0 aliphatic heterocycles. The fourth-order valence-corrected chi connectivity index (χ4v) is 3.90. The number of carboxylic acids is 1. The van der Waals surface area contributed by atoms with Gasteiger partial charge in [-0.2, -0.15) is 0 Å². The summed E-state index contributed by atoms with van der Waals surface area (Å²) in [7, 11) is 0. The molecule has 2 amide bonds. The maximum atomic E-state index is 12.4. The van der Waals surface area contributed by atoms with Gasteiger partial charge >= 0.3 is 12.1 Å². The second-order valence-electron chi connectivity index (χ2n) is 7.65. The number of hydrogen-bond acceptors (Lipinski definition) is 4. The molecule has 166 valence electrons. The van der Waals surface area contributed by atoms with E-state index in [-0.39, 0.29) is 25.4 Å². The fourth-order valence-electron chi connectivity index (χ4n) is 3.90. The van der Waals surface area contributed by atoms with Crippen molar-refractivity contribution in [2.45, 2.75) is 44.2 Å². The summed E-state index contributed by atoms with van der Waals surface area (Å²) >= 11 is 0. The van der Waals surface area contributed by atoms with E-state index in [4.69, 9.17) is 16.3 Å². The van der Waals surface area contributed by atoms with Crippen molar-refractivity contribution in [3.8, 4) is 23.5 Å². The van der Waals surface area contributed by atoms with E-state index in [1.54, 1.807) is 0 Å². The lowest BCUT2D eigenvalue weighted by Gasteiger charge is -2.19. The Kier molecular flexibility index (Phi) is 7.50. The quantitative estimate of drug-likeness (QED) is 0.526. The van der Waals surface area contributed by atoms with E-state index < -0.39 is 30.1 Å². The molecule has 7 nitrogen and oxygen atoms in total. The van der Waals surface area contributed by atoms with Crippen LogP contribution in [0.15, 0.2) is 48.5 Å². The minimum absolute atomic E-state index is 0.0587. The lowest BCUT2D eigenvalue weighted by molar-refractivity contribution is -0.141. The SMILES string of the molecule is C#CCC(NC(=O)C[C@H](CC)NC(=O)OCC1c2ccccc2-c2ccccc21)C(=O)O. The largest absolute Gasteiger partial charge is 0.480 e. The highest BCUT2D eigenvalue weighted by atomic mass is 16.5. The van der Waals surface area contributed by atoms with Gasteiger partial charge in [-0.15, -0.1) is 12.3 Å². The first-order chi connectivity index (χ1) is 15.4. The van der Waals surface area contributed by atoms with Crippen LogP contribution in [0.4, 0.5) is 4.79 Å². The molecule has 0 saturated carbocycles. The first kappa shape index (κ1) is 22.9. The van der Waals surface area contributed by atoms with Crippen molar-refractivity contribution in [1.82, 2.24) is 10.6 Å². The zero-order chi connectivity index (χ0) is 23.1. The van der Waals surface area contributed by atoms with E-state index >= 15 is 0 Å². The van der Waals surface area contributed by atoms with Crippen molar-refractivity contribution in [2.24, 2.45) is 0 Å². The van der Waals surface area contributed by atoms with E-state index in [2.05, 4.69) is 28.7 Å². The lowest BCUT2D eigenvalue weighted by Crippen LogP contribution is -2.44. The number of carbonyl (C=O) groups is 3. The van der Waals surface area contributed by atoms with Crippen LogP contribution in [0.3, 0.4) is 0 Å². The summed E-state index contributed by atoms with van der Waals surface area (Å²) in [4.78, 5) is 35.8. The molecule has 2 aromatic rings. The minimum atomic E-state index is -1.20. The molecule has 1 aliphatic rings. The Hall–Kier alpha value is -3.79. The third kappa shape index (κ3) is 5.27. The number of amides is 2. The smallest absolute Gasteiger partial charge is 0.407 e. The van der Waals surface area contributed by atoms with Crippen molar-refractivity contribution >= 4 is 18.0 Å². The summed E-state index contributed by atoms with van der Waals surface area (Å²) in [5.41, 5.74) is 4.50. The predicted octanol–water partition coefficient (Wildman–Crippen LogP) is 3.29. The fraction of sp³-hybridized carbons (Fsp3) is 0.320. The lowest BCUT2D eigenvalue weighted by atomic mass is 9.98. The van der Waals surface area contributed by atoms with Crippen molar-refractivity contribution in [3.63, 3.8) is 0 Å². The number of terminal acetylenes is 1. The number of fused-ring (bicyclic) bond motifs is 3. The van der Waals surface area contributed by atoms with Gasteiger partial charge in [0, 0.05) is 24.8 Å². The second kappa shape index (κ2) is 10.5. The highest BCUT2D eigenvalue weighted by molar-refractivity contribution is 5.84. The van der Waals surface area contributed by atoms with E-state index in [9.17, 15) is 14.4 Å². The van der Waals surface area contributed by atoms with Crippen molar-refractivity contribution in [3.05, 3.63) is 59.7 Å². The maximum absolute atomic E-state index is 12.4. The third-order valence-electron chi connectivity index (χ3n) is 5.55. The van der Waals surface area contributed by atoms with Gasteiger partial charge in [0.1, 0.15) is 12.6 Å². The summed E-state index contributed by atoms with van der Waals surface area (Å²) in [6, 6.07) is 14.5. The van der Waals surface area contributed by atoms with Crippen LogP contribution in [-0.2, 0) is 14.3 Å². The Balaban J connectivity index is 1.57. The summed E-state index contributed by atoms with van der Waals surface area (Å²) in [5.74, 6) is 0.466. The number of carboxylic acid groups (broad SMARTS) is 1. The normalized spacial score (nSPS) is 13.8. The number of hydrogen-bond donors (Lipinski definition) is 3. The van der Waals surface area contributed by atoms with Crippen LogP contribution in [-0.4, -0.2) is 41.8 Å². The van der Waals surface area contributed by atoms with Gasteiger partial charge in [0.25, 0.3) is 0 Å². The van der Waals surface area contributed by atoms with Crippen LogP contribution in [0, 0.1) is 12.3 Å². The average molecular weight is 434 g/mol. The van der Waals surface area contributed by atoms with Gasteiger partial charge in [0.05, 0.1) is 0 Å². The zero-order valence-corrected chi connectivity index (χ0v) is 17.8. The molecule has 1 unspecified atom stereocenters. The Morgan fingerprint density at radius 2 is 1.66 bits per heavy atom. The van der Waals surface area contributed by atoms with Crippen LogP contribution in [0.1, 0.15) is 43.2 Å². The molecule has 0 bridgehead atoms. The Morgan fingerprint density at radius 3 is 2.19 bits per heavy atom. The number of alkyl carbamates (subject to hydrolysis) is 1. The van der Waals surface area contributed by atoms with Crippen LogP contribution >= 0.6 is 0 Å². The zero-order valence-electron chi connectivity index (χ0n) is 17.8. The Morgan fingerprint density at radius 1 is 1.06 bits per heavy atom. The molecule has 0 spiro atoms. The molecule has 3 N–H and O–H groups in total. The highest BCUT2D eigenvalue weighted by Gasteiger charge is 2.29. The van der Waals surface area contributed by atoms with Gasteiger partial charge in [-0.25, -0.2) is 9.59 Å². The molecule has 1 aliphatic carbocycles. The number of carbonyl (C=O) groups excluding carboxylic acids is 2. The summed E-state index contributed by atoms with van der Waals surface area (Å²) < 4.78 is 5.51. The predicted molar refractivity (Wildman–Crippen MR) is 120 cm³/mol. The van der Waals surface area contributed by atoms with Gasteiger partial charge in [-0.1, -0.05) is 55.5 Å². The second-order valence-corrected chi connectivity index (χ2v) is 7.65. The van der Waals surface area contributed by atoms with Crippen LogP contribution in [0.5, 0.6) is 0 Å². The molecule has 2 atom stereocenters. The summed E-state index contributed by atoms with van der Waals surface area (Å²) in [5, 5.41) is 14.2. The van der Waals surface area contributed by atoms with Gasteiger partial charge in [0.2, 0.25) is 5.91 Å². The van der Waals surface area contributed by atoms with E-state index in [1.165, 1.54) is 0 Å². The number of aliphatic carboxylic acids is 1. The molecule has 0 fully saturated rings. The summed E-state index contributed by atoms with van der Waals surface area (Å²) in [6.45, 7) is 1.99. The maximum Gasteiger partial charge on any atom is 0.407 e. The molecular weight excluding hydrogens is 408 g/mol. The molecule has 0 heterocycles. The third-order valence-corrected chi connectivity index (χ3v) is 5.55. The van der Waals surface area contributed by atoms with Crippen molar-refractivity contribution in [2.75, 3.05) is 6.61 Å².